The van der Waals surface area contributed by atoms with Gasteiger partial charge >= 0.3 is 0 Å². The number of aliphatic imine (C=N–C) groups is 1. The van der Waals surface area contributed by atoms with E-state index in [1.165, 1.54) is 16.7 Å². The maximum absolute atomic E-state index is 5.81. The van der Waals surface area contributed by atoms with Crippen LogP contribution in [0.3, 0.4) is 0 Å². The van der Waals surface area contributed by atoms with E-state index < -0.39 is 0 Å². The average Bonchev–Trinajstić information content (AvgIpc) is 3.35. The molecule has 0 saturated carbocycles. The molecular weight excluding hydrogens is 402 g/mol. The van der Waals surface area contributed by atoms with Crippen molar-refractivity contribution in [1.29, 1.82) is 0 Å². The van der Waals surface area contributed by atoms with Gasteiger partial charge in [-0.15, -0.1) is 0 Å². The SMILES string of the molecule is CCNC(=NCc1ccc(COCc2ccccc2)cc1)NCCCOCC1CCOC1. The number of rotatable bonds is 13. The lowest BCUT2D eigenvalue weighted by atomic mass is 10.1. The molecule has 0 amide bonds. The second-order valence-corrected chi connectivity index (χ2v) is 8.07. The van der Waals surface area contributed by atoms with Gasteiger partial charge in [0.1, 0.15) is 0 Å². The van der Waals surface area contributed by atoms with Gasteiger partial charge < -0.3 is 24.8 Å². The number of ether oxygens (including phenoxy) is 3. The molecule has 6 heteroatoms. The van der Waals surface area contributed by atoms with Crippen LogP contribution in [0.25, 0.3) is 0 Å². The molecule has 1 unspecified atom stereocenters. The molecule has 1 saturated heterocycles. The van der Waals surface area contributed by atoms with Gasteiger partial charge in [0.25, 0.3) is 0 Å². The number of benzene rings is 2. The maximum atomic E-state index is 5.81. The normalized spacial score (nSPS) is 16.3. The molecule has 0 radical (unpaired) electrons. The van der Waals surface area contributed by atoms with Crippen molar-refractivity contribution in [2.24, 2.45) is 10.9 Å². The smallest absolute Gasteiger partial charge is 0.191 e. The third kappa shape index (κ3) is 9.39. The fourth-order valence-corrected chi connectivity index (χ4v) is 3.46. The van der Waals surface area contributed by atoms with Crippen LogP contribution in [0.1, 0.15) is 36.5 Å². The van der Waals surface area contributed by atoms with E-state index in [1.54, 1.807) is 0 Å². The van der Waals surface area contributed by atoms with Gasteiger partial charge in [0, 0.05) is 32.2 Å². The van der Waals surface area contributed by atoms with Gasteiger partial charge in [0.2, 0.25) is 0 Å². The first-order chi connectivity index (χ1) is 15.8. The van der Waals surface area contributed by atoms with Crippen LogP contribution in [0, 0.1) is 5.92 Å². The molecule has 0 bridgehead atoms. The Balaban J connectivity index is 1.33. The highest BCUT2D eigenvalue weighted by atomic mass is 16.5. The monoisotopic (exact) mass is 439 g/mol. The summed E-state index contributed by atoms with van der Waals surface area (Å²) in [7, 11) is 0. The first-order valence-electron chi connectivity index (χ1n) is 11.7. The Morgan fingerprint density at radius 3 is 2.44 bits per heavy atom. The van der Waals surface area contributed by atoms with Gasteiger partial charge in [0.05, 0.1) is 33.0 Å². The summed E-state index contributed by atoms with van der Waals surface area (Å²) in [5, 5.41) is 6.69. The Morgan fingerprint density at radius 1 is 0.969 bits per heavy atom. The third-order valence-electron chi connectivity index (χ3n) is 5.30. The molecule has 1 aliphatic rings. The molecule has 6 nitrogen and oxygen atoms in total. The Hall–Kier alpha value is -2.41. The molecular formula is C26H37N3O3. The first-order valence-corrected chi connectivity index (χ1v) is 11.7. The highest BCUT2D eigenvalue weighted by molar-refractivity contribution is 5.79. The third-order valence-corrected chi connectivity index (χ3v) is 5.30. The summed E-state index contributed by atoms with van der Waals surface area (Å²) < 4.78 is 17.0. The van der Waals surface area contributed by atoms with Crippen LogP contribution in [-0.2, 0) is 34.0 Å². The minimum absolute atomic E-state index is 0.573. The molecule has 0 aromatic heterocycles. The highest BCUT2D eigenvalue weighted by Gasteiger charge is 2.15. The molecule has 1 heterocycles. The highest BCUT2D eigenvalue weighted by Crippen LogP contribution is 2.12. The first kappa shape index (κ1) is 24.2. The fourth-order valence-electron chi connectivity index (χ4n) is 3.46. The van der Waals surface area contributed by atoms with E-state index in [0.29, 0.717) is 25.7 Å². The van der Waals surface area contributed by atoms with E-state index in [4.69, 9.17) is 19.2 Å². The molecule has 1 atom stereocenters. The second-order valence-electron chi connectivity index (χ2n) is 8.07. The van der Waals surface area contributed by atoms with Crippen molar-refractivity contribution in [3.8, 4) is 0 Å². The minimum atomic E-state index is 0.573. The molecule has 32 heavy (non-hydrogen) atoms. The van der Waals surface area contributed by atoms with Gasteiger partial charge in [-0.3, -0.25) is 0 Å². The zero-order chi connectivity index (χ0) is 22.3. The summed E-state index contributed by atoms with van der Waals surface area (Å²) in [6.45, 7) is 8.92. The van der Waals surface area contributed by atoms with E-state index in [9.17, 15) is 0 Å². The standard InChI is InChI=1S/C26H37N3O3/c1-2-27-26(28-14-6-15-30-20-25-13-16-31-21-25)29-17-22-9-11-24(12-10-22)19-32-18-23-7-4-3-5-8-23/h3-5,7-12,25H,2,6,13-21H2,1H3,(H2,27,28,29). The van der Waals surface area contributed by atoms with Gasteiger partial charge in [-0.25, -0.2) is 4.99 Å². The number of nitrogens with zero attached hydrogens (tertiary/aromatic N) is 1. The summed E-state index contributed by atoms with van der Waals surface area (Å²) in [4.78, 5) is 4.70. The minimum Gasteiger partial charge on any atom is -0.381 e. The van der Waals surface area contributed by atoms with E-state index >= 15 is 0 Å². The van der Waals surface area contributed by atoms with Crippen LogP contribution >= 0.6 is 0 Å². The van der Waals surface area contributed by atoms with Crippen LogP contribution in [0.15, 0.2) is 59.6 Å². The van der Waals surface area contributed by atoms with Gasteiger partial charge in [0.15, 0.2) is 5.96 Å². The van der Waals surface area contributed by atoms with E-state index in [0.717, 1.165) is 58.3 Å². The predicted octanol–water partition coefficient (Wildman–Crippen LogP) is 3.90. The predicted molar refractivity (Wildman–Crippen MR) is 129 cm³/mol. The zero-order valence-electron chi connectivity index (χ0n) is 19.2. The number of hydrogen-bond donors (Lipinski definition) is 2. The molecule has 1 fully saturated rings. The van der Waals surface area contributed by atoms with Crippen molar-refractivity contribution in [3.63, 3.8) is 0 Å². The van der Waals surface area contributed by atoms with Crippen LogP contribution in [0.4, 0.5) is 0 Å². The number of hydrogen-bond acceptors (Lipinski definition) is 4. The molecule has 2 N–H and O–H groups in total. The quantitative estimate of drug-likeness (QED) is 0.282. The summed E-state index contributed by atoms with van der Waals surface area (Å²) in [6.07, 6.45) is 2.08. The van der Waals surface area contributed by atoms with Crippen molar-refractivity contribution < 1.29 is 14.2 Å². The number of nitrogens with one attached hydrogen (secondary N) is 2. The van der Waals surface area contributed by atoms with Crippen molar-refractivity contribution in [3.05, 3.63) is 71.3 Å². The van der Waals surface area contributed by atoms with Crippen molar-refractivity contribution in [2.75, 3.05) is 39.5 Å². The molecule has 0 spiro atoms. The van der Waals surface area contributed by atoms with Crippen LogP contribution in [0.2, 0.25) is 0 Å². The largest absolute Gasteiger partial charge is 0.381 e. The van der Waals surface area contributed by atoms with Crippen molar-refractivity contribution in [2.45, 2.75) is 39.5 Å². The Morgan fingerprint density at radius 2 is 1.72 bits per heavy atom. The van der Waals surface area contributed by atoms with Gasteiger partial charge in [-0.1, -0.05) is 54.6 Å². The molecule has 2 aromatic rings. The number of guanidine groups is 1. The van der Waals surface area contributed by atoms with E-state index in [2.05, 4.69) is 54.0 Å². The van der Waals surface area contributed by atoms with Gasteiger partial charge in [-0.05, 0) is 36.5 Å². The topological polar surface area (TPSA) is 64.1 Å². The molecule has 1 aliphatic heterocycles. The Bertz CT molecular complexity index is 775. The lowest BCUT2D eigenvalue weighted by molar-refractivity contribution is 0.0888. The van der Waals surface area contributed by atoms with E-state index in [-0.39, 0.29) is 0 Å². The second kappa shape index (κ2) is 14.6. The Labute approximate surface area is 192 Å². The lowest BCUT2D eigenvalue weighted by Gasteiger charge is -2.12. The van der Waals surface area contributed by atoms with Crippen molar-refractivity contribution >= 4 is 5.96 Å². The Kier molecular flexibility index (Phi) is 11.1. The van der Waals surface area contributed by atoms with Crippen LogP contribution < -0.4 is 10.6 Å². The fraction of sp³-hybridized carbons (Fsp3) is 0.500. The summed E-state index contributed by atoms with van der Waals surface area (Å²) >= 11 is 0. The maximum Gasteiger partial charge on any atom is 0.191 e. The van der Waals surface area contributed by atoms with Gasteiger partial charge in [-0.2, -0.15) is 0 Å². The summed E-state index contributed by atoms with van der Waals surface area (Å²) in [5.41, 5.74) is 3.54. The summed E-state index contributed by atoms with van der Waals surface area (Å²) in [6, 6.07) is 18.7. The lowest BCUT2D eigenvalue weighted by Crippen LogP contribution is -2.38. The zero-order valence-corrected chi connectivity index (χ0v) is 19.2. The molecule has 2 aromatic carbocycles. The average molecular weight is 440 g/mol. The molecule has 174 valence electrons. The summed E-state index contributed by atoms with van der Waals surface area (Å²) in [5.74, 6) is 1.41. The molecule has 0 aliphatic carbocycles. The van der Waals surface area contributed by atoms with Crippen molar-refractivity contribution in [1.82, 2.24) is 10.6 Å². The molecule has 3 rings (SSSR count). The van der Waals surface area contributed by atoms with Crippen LogP contribution in [0.5, 0.6) is 0 Å². The van der Waals surface area contributed by atoms with Crippen LogP contribution in [-0.4, -0.2) is 45.5 Å². The van der Waals surface area contributed by atoms with E-state index in [1.807, 2.05) is 18.2 Å².